The summed E-state index contributed by atoms with van der Waals surface area (Å²) in [6, 6.07) is 1.39. The number of nitrogens with one attached hydrogen (secondary N) is 1. The van der Waals surface area contributed by atoms with Crippen molar-refractivity contribution < 1.29 is 19.8 Å². The molecular formula is C11H12Cl2N2O4. The Morgan fingerprint density at radius 2 is 1.84 bits per heavy atom. The summed E-state index contributed by atoms with van der Waals surface area (Å²) in [6.07, 6.45) is -0.0997. The highest BCUT2D eigenvalue weighted by Crippen LogP contribution is 2.28. The fourth-order valence-electron chi connectivity index (χ4n) is 1.34. The molecule has 0 aliphatic rings. The van der Waals surface area contributed by atoms with Gasteiger partial charge >= 0.3 is 5.97 Å². The predicted molar refractivity (Wildman–Crippen MR) is 71.5 cm³/mol. The van der Waals surface area contributed by atoms with E-state index in [0.29, 0.717) is 0 Å². The maximum absolute atomic E-state index is 11.8. The zero-order valence-electron chi connectivity index (χ0n) is 9.69. The van der Waals surface area contributed by atoms with Crippen LogP contribution in [0.2, 0.25) is 10.0 Å². The van der Waals surface area contributed by atoms with Gasteiger partial charge in [-0.15, -0.1) is 0 Å². The Balaban J connectivity index is 2.91. The van der Waals surface area contributed by atoms with E-state index in [1.807, 2.05) is 0 Å². The van der Waals surface area contributed by atoms with Crippen molar-refractivity contribution in [3.8, 4) is 0 Å². The molecule has 0 aliphatic heterocycles. The van der Waals surface area contributed by atoms with Gasteiger partial charge in [0, 0.05) is 18.6 Å². The van der Waals surface area contributed by atoms with Gasteiger partial charge in [-0.1, -0.05) is 23.2 Å². The van der Waals surface area contributed by atoms with E-state index in [1.165, 1.54) is 12.1 Å². The van der Waals surface area contributed by atoms with Gasteiger partial charge in [-0.05, 0) is 12.1 Å². The number of carbonyl (C=O) groups excluding carboxylic acids is 1. The van der Waals surface area contributed by atoms with E-state index in [4.69, 9.17) is 39.1 Å². The second kappa shape index (κ2) is 6.60. The second-order valence-corrected chi connectivity index (χ2v) is 4.54. The van der Waals surface area contributed by atoms with Crippen LogP contribution in [0.25, 0.3) is 0 Å². The van der Waals surface area contributed by atoms with Crippen molar-refractivity contribution in [3.05, 3.63) is 27.7 Å². The van der Waals surface area contributed by atoms with Gasteiger partial charge in [0.15, 0.2) is 0 Å². The number of benzene rings is 1. The number of halogens is 2. The minimum absolute atomic E-state index is 0.0911. The first-order chi connectivity index (χ1) is 8.86. The number of nitrogens with two attached hydrogens (primary N) is 1. The van der Waals surface area contributed by atoms with Crippen LogP contribution in [0.3, 0.4) is 0 Å². The number of carboxylic acids is 1. The summed E-state index contributed by atoms with van der Waals surface area (Å²) in [5.41, 5.74) is 5.76. The first-order valence-corrected chi connectivity index (χ1v) is 6.01. The topological polar surface area (TPSA) is 113 Å². The standard InChI is InChI=1S/C11H12Cl2N2O4/c12-6-3-5(4-7(13)9(6)14)10(17)15-8(1-2-16)11(18)19/h3-4,8,16H,1-2,14H2,(H,15,17)(H,18,19)/t8-/m0/s1. The number of anilines is 1. The van der Waals surface area contributed by atoms with Crippen molar-refractivity contribution in [1.82, 2.24) is 5.32 Å². The number of rotatable bonds is 5. The largest absolute Gasteiger partial charge is 0.480 e. The molecule has 1 atom stereocenters. The van der Waals surface area contributed by atoms with Gasteiger partial charge in [0.2, 0.25) is 0 Å². The number of carbonyl (C=O) groups is 2. The lowest BCUT2D eigenvalue weighted by Gasteiger charge is -2.14. The zero-order valence-corrected chi connectivity index (χ0v) is 11.2. The highest BCUT2D eigenvalue weighted by atomic mass is 35.5. The van der Waals surface area contributed by atoms with Crippen molar-refractivity contribution in [2.45, 2.75) is 12.5 Å². The predicted octanol–water partition coefficient (Wildman–Crippen LogP) is 1.14. The van der Waals surface area contributed by atoms with E-state index < -0.39 is 17.9 Å². The molecule has 0 aliphatic carbocycles. The molecule has 1 amide bonds. The molecule has 0 saturated carbocycles. The molecular weight excluding hydrogens is 295 g/mol. The fraction of sp³-hybridized carbons (Fsp3) is 0.273. The number of aliphatic hydroxyl groups is 1. The molecule has 0 unspecified atom stereocenters. The average Bonchev–Trinajstić information content (AvgIpc) is 2.34. The molecule has 104 valence electrons. The third-order valence-electron chi connectivity index (χ3n) is 2.36. The van der Waals surface area contributed by atoms with E-state index in [0.717, 1.165) is 0 Å². The summed E-state index contributed by atoms with van der Waals surface area (Å²) in [5.74, 6) is -1.90. The number of hydrogen-bond acceptors (Lipinski definition) is 4. The lowest BCUT2D eigenvalue weighted by Crippen LogP contribution is -2.41. The highest BCUT2D eigenvalue weighted by Gasteiger charge is 2.20. The van der Waals surface area contributed by atoms with Crippen LogP contribution in [0.15, 0.2) is 12.1 Å². The number of nitrogen functional groups attached to an aromatic ring is 1. The quantitative estimate of drug-likeness (QED) is 0.609. The molecule has 19 heavy (non-hydrogen) atoms. The Bertz CT molecular complexity index is 484. The molecule has 0 heterocycles. The van der Waals surface area contributed by atoms with E-state index in [-0.39, 0.29) is 34.3 Å². The molecule has 0 bridgehead atoms. The van der Waals surface area contributed by atoms with Crippen LogP contribution >= 0.6 is 23.2 Å². The highest BCUT2D eigenvalue weighted by molar-refractivity contribution is 6.39. The van der Waals surface area contributed by atoms with Crippen LogP contribution in [-0.4, -0.2) is 34.7 Å². The fourth-order valence-corrected chi connectivity index (χ4v) is 1.83. The number of carboxylic acid groups (broad SMARTS) is 1. The number of hydrogen-bond donors (Lipinski definition) is 4. The number of aliphatic carboxylic acids is 1. The molecule has 1 aromatic carbocycles. The molecule has 1 aromatic rings. The van der Waals surface area contributed by atoms with Gasteiger partial charge in [0.25, 0.3) is 5.91 Å². The Hall–Kier alpha value is -1.50. The van der Waals surface area contributed by atoms with E-state index in [2.05, 4.69) is 5.32 Å². The van der Waals surface area contributed by atoms with Gasteiger partial charge in [-0.3, -0.25) is 4.79 Å². The Kier molecular flexibility index (Phi) is 5.41. The van der Waals surface area contributed by atoms with Gasteiger partial charge in [0.1, 0.15) is 6.04 Å². The van der Waals surface area contributed by atoms with Gasteiger partial charge in [0.05, 0.1) is 15.7 Å². The molecule has 0 aromatic heterocycles. The minimum atomic E-state index is -1.24. The van der Waals surface area contributed by atoms with Crippen molar-refractivity contribution in [2.24, 2.45) is 0 Å². The molecule has 1 rings (SSSR count). The van der Waals surface area contributed by atoms with Crippen molar-refractivity contribution >= 4 is 40.8 Å². The maximum Gasteiger partial charge on any atom is 0.326 e. The molecule has 6 nitrogen and oxygen atoms in total. The van der Waals surface area contributed by atoms with Crippen LogP contribution in [0.5, 0.6) is 0 Å². The number of amides is 1. The molecule has 0 saturated heterocycles. The van der Waals surface area contributed by atoms with Crippen LogP contribution in [0.4, 0.5) is 5.69 Å². The first-order valence-electron chi connectivity index (χ1n) is 5.26. The lowest BCUT2D eigenvalue weighted by atomic mass is 10.1. The van der Waals surface area contributed by atoms with E-state index in [1.54, 1.807) is 0 Å². The first kappa shape index (κ1) is 15.6. The summed E-state index contributed by atoms with van der Waals surface area (Å²) in [7, 11) is 0. The van der Waals surface area contributed by atoms with Crippen molar-refractivity contribution in [2.75, 3.05) is 12.3 Å². The summed E-state index contributed by atoms with van der Waals surface area (Å²) in [4.78, 5) is 22.7. The summed E-state index contributed by atoms with van der Waals surface area (Å²) >= 11 is 11.6. The monoisotopic (exact) mass is 306 g/mol. The maximum atomic E-state index is 11.8. The Morgan fingerprint density at radius 1 is 1.32 bits per heavy atom. The van der Waals surface area contributed by atoms with Crippen molar-refractivity contribution in [1.29, 1.82) is 0 Å². The van der Waals surface area contributed by atoms with Crippen LogP contribution < -0.4 is 11.1 Å². The van der Waals surface area contributed by atoms with Crippen LogP contribution in [0.1, 0.15) is 16.8 Å². The summed E-state index contributed by atoms with van der Waals surface area (Å²) in [5, 5.41) is 20.0. The second-order valence-electron chi connectivity index (χ2n) is 3.73. The normalized spacial score (nSPS) is 11.9. The van der Waals surface area contributed by atoms with Crippen LogP contribution in [-0.2, 0) is 4.79 Å². The Morgan fingerprint density at radius 3 is 2.26 bits per heavy atom. The Labute approximate surface area is 119 Å². The van der Waals surface area contributed by atoms with Crippen LogP contribution in [0, 0.1) is 0 Å². The zero-order chi connectivity index (χ0) is 14.6. The minimum Gasteiger partial charge on any atom is -0.480 e. The third kappa shape index (κ3) is 3.99. The van der Waals surface area contributed by atoms with E-state index in [9.17, 15) is 9.59 Å². The third-order valence-corrected chi connectivity index (χ3v) is 2.99. The van der Waals surface area contributed by atoms with Crippen molar-refractivity contribution in [3.63, 3.8) is 0 Å². The molecule has 0 fully saturated rings. The summed E-state index contributed by atoms with van der Waals surface area (Å²) in [6.45, 7) is -0.361. The molecule has 0 spiro atoms. The molecule has 5 N–H and O–H groups in total. The number of aliphatic hydroxyl groups excluding tert-OH is 1. The molecule has 8 heteroatoms. The molecule has 0 radical (unpaired) electrons. The van der Waals surface area contributed by atoms with E-state index >= 15 is 0 Å². The SMILES string of the molecule is Nc1c(Cl)cc(C(=O)N[C@@H](CCO)C(=O)O)cc1Cl. The lowest BCUT2D eigenvalue weighted by molar-refractivity contribution is -0.139. The van der Waals surface area contributed by atoms with Gasteiger partial charge in [-0.2, -0.15) is 0 Å². The average molecular weight is 307 g/mol. The smallest absolute Gasteiger partial charge is 0.326 e. The van der Waals surface area contributed by atoms with Gasteiger partial charge in [-0.25, -0.2) is 4.79 Å². The summed E-state index contributed by atoms with van der Waals surface area (Å²) < 4.78 is 0. The van der Waals surface area contributed by atoms with Gasteiger partial charge < -0.3 is 21.3 Å².